The van der Waals surface area contributed by atoms with Crippen LogP contribution in [-0.4, -0.2) is 58.0 Å². The summed E-state index contributed by atoms with van der Waals surface area (Å²) in [4.78, 5) is 26.6. The Hall–Kier alpha value is -2.67. The number of ether oxygens (including phenoxy) is 1. The highest BCUT2D eigenvalue weighted by Crippen LogP contribution is 2.38. The third-order valence-corrected chi connectivity index (χ3v) is 6.06. The molecule has 1 aromatic heterocycles. The van der Waals surface area contributed by atoms with Crippen molar-refractivity contribution in [1.82, 2.24) is 14.7 Å². The molecule has 0 aliphatic carbocycles. The van der Waals surface area contributed by atoms with Crippen molar-refractivity contribution in [1.29, 1.82) is 0 Å². The first-order valence-electron chi connectivity index (χ1n) is 9.80. The van der Waals surface area contributed by atoms with Crippen molar-refractivity contribution in [3.8, 4) is 0 Å². The van der Waals surface area contributed by atoms with E-state index in [4.69, 9.17) is 9.84 Å². The Kier molecular flexibility index (Phi) is 5.17. The van der Waals surface area contributed by atoms with Crippen LogP contribution in [0.4, 0.5) is 0 Å². The van der Waals surface area contributed by atoms with Gasteiger partial charge in [0.05, 0.1) is 23.2 Å². The van der Waals surface area contributed by atoms with Gasteiger partial charge in [0, 0.05) is 32.5 Å². The molecule has 0 spiro atoms. The standard InChI is InChI=1S/C21H25N3O4/c25-19(26)16-14-22-24(15-16)18-6-10-23(11-7-18)20(27)21(8-12-28-13-9-21)17-4-2-1-3-5-17/h1-5,14-15,18H,6-13H2,(H,25,26). The summed E-state index contributed by atoms with van der Waals surface area (Å²) in [6.07, 6.45) is 5.91. The van der Waals surface area contributed by atoms with Gasteiger partial charge in [0.25, 0.3) is 0 Å². The Morgan fingerprint density at radius 2 is 1.79 bits per heavy atom. The number of rotatable bonds is 4. The topological polar surface area (TPSA) is 84.7 Å². The predicted molar refractivity (Wildman–Crippen MR) is 102 cm³/mol. The molecule has 2 aromatic rings. The van der Waals surface area contributed by atoms with Crippen LogP contribution in [0, 0.1) is 0 Å². The fourth-order valence-corrected chi connectivity index (χ4v) is 4.39. The summed E-state index contributed by atoms with van der Waals surface area (Å²) in [6, 6.07) is 10.2. The zero-order valence-electron chi connectivity index (χ0n) is 15.8. The van der Waals surface area contributed by atoms with Crippen LogP contribution in [0.3, 0.4) is 0 Å². The maximum atomic E-state index is 13.6. The largest absolute Gasteiger partial charge is 0.478 e. The van der Waals surface area contributed by atoms with E-state index < -0.39 is 11.4 Å². The molecule has 0 atom stereocenters. The lowest BCUT2D eigenvalue weighted by Gasteiger charge is -2.42. The number of carbonyl (C=O) groups excluding carboxylic acids is 1. The Morgan fingerprint density at radius 3 is 2.39 bits per heavy atom. The fourth-order valence-electron chi connectivity index (χ4n) is 4.39. The van der Waals surface area contributed by atoms with Crippen LogP contribution in [0.15, 0.2) is 42.7 Å². The van der Waals surface area contributed by atoms with Gasteiger partial charge in [0.1, 0.15) is 0 Å². The van der Waals surface area contributed by atoms with Crippen molar-refractivity contribution in [3.05, 3.63) is 53.9 Å². The van der Waals surface area contributed by atoms with Gasteiger partial charge in [-0.05, 0) is 31.2 Å². The maximum Gasteiger partial charge on any atom is 0.338 e. The molecule has 2 fully saturated rings. The summed E-state index contributed by atoms with van der Waals surface area (Å²) < 4.78 is 7.28. The van der Waals surface area contributed by atoms with Crippen molar-refractivity contribution >= 4 is 11.9 Å². The Morgan fingerprint density at radius 1 is 1.11 bits per heavy atom. The number of hydrogen-bond donors (Lipinski definition) is 1. The average molecular weight is 383 g/mol. The highest BCUT2D eigenvalue weighted by Gasteiger charge is 2.44. The summed E-state index contributed by atoms with van der Waals surface area (Å²) in [7, 11) is 0. The van der Waals surface area contributed by atoms with Gasteiger partial charge >= 0.3 is 5.97 Å². The number of aromatic nitrogens is 2. The smallest absolute Gasteiger partial charge is 0.338 e. The highest BCUT2D eigenvalue weighted by atomic mass is 16.5. The lowest BCUT2D eigenvalue weighted by molar-refractivity contribution is -0.142. The quantitative estimate of drug-likeness (QED) is 0.877. The van der Waals surface area contributed by atoms with Gasteiger partial charge in [-0.3, -0.25) is 9.48 Å². The number of aromatic carboxylic acids is 1. The first-order chi connectivity index (χ1) is 13.6. The zero-order chi connectivity index (χ0) is 19.6. The van der Waals surface area contributed by atoms with Crippen LogP contribution in [-0.2, 0) is 14.9 Å². The van der Waals surface area contributed by atoms with Crippen LogP contribution in [0.25, 0.3) is 0 Å². The Balaban J connectivity index is 1.48. The summed E-state index contributed by atoms with van der Waals surface area (Å²) >= 11 is 0. The van der Waals surface area contributed by atoms with E-state index in [9.17, 15) is 9.59 Å². The molecule has 0 bridgehead atoms. The summed E-state index contributed by atoms with van der Waals surface area (Å²) in [5.41, 5.74) is 0.765. The van der Waals surface area contributed by atoms with E-state index in [-0.39, 0.29) is 17.5 Å². The van der Waals surface area contributed by atoms with Gasteiger partial charge in [0.2, 0.25) is 5.91 Å². The fraction of sp³-hybridized carbons (Fsp3) is 0.476. The summed E-state index contributed by atoms with van der Waals surface area (Å²) in [6.45, 7) is 2.51. The zero-order valence-corrected chi connectivity index (χ0v) is 15.8. The number of amides is 1. The second-order valence-electron chi connectivity index (χ2n) is 7.60. The van der Waals surface area contributed by atoms with Crippen molar-refractivity contribution in [2.45, 2.75) is 37.1 Å². The Bertz CT molecular complexity index is 834. The molecular formula is C21H25N3O4. The second-order valence-corrected chi connectivity index (χ2v) is 7.60. The van der Waals surface area contributed by atoms with Gasteiger partial charge in [0.15, 0.2) is 0 Å². The molecule has 2 aliphatic rings. The number of benzene rings is 1. The van der Waals surface area contributed by atoms with Gasteiger partial charge < -0.3 is 14.7 Å². The molecule has 28 heavy (non-hydrogen) atoms. The van der Waals surface area contributed by atoms with E-state index in [2.05, 4.69) is 5.10 Å². The maximum absolute atomic E-state index is 13.6. The van der Waals surface area contributed by atoms with E-state index in [0.29, 0.717) is 39.1 Å². The van der Waals surface area contributed by atoms with E-state index in [1.165, 1.54) is 6.20 Å². The van der Waals surface area contributed by atoms with Gasteiger partial charge in [-0.2, -0.15) is 5.10 Å². The number of hydrogen-bond acceptors (Lipinski definition) is 4. The normalized spacial score (nSPS) is 20.1. The SMILES string of the molecule is O=C(O)c1cnn(C2CCN(C(=O)C3(c4ccccc4)CCOCC3)CC2)c1. The highest BCUT2D eigenvalue weighted by molar-refractivity contribution is 5.88. The molecule has 1 amide bonds. The van der Waals surface area contributed by atoms with Gasteiger partial charge in [-0.15, -0.1) is 0 Å². The molecule has 0 saturated carbocycles. The first-order valence-corrected chi connectivity index (χ1v) is 9.80. The molecule has 7 nitrogen and oxygen atoms in total. The van der Waals surface area contributed by atoms with Crippen LogP contribution in [0.2, 0.25) is 0 Å². The minimum absolute atomic E-state index is 0.125. The first kappa shape index (κ1) is 18.7. The Labute approximate surface area is 163 Å². The van der Waals surface area contributed by atoms with E-state index in [0.717, 1.165) is 18.4 Å². The van der Waals surface area contributed by atoms with Gasteiger partial charge in [-0.1, -0.05) is 30.3 Å². The molecule has 0 unspecified atom stereocenters. The second kappa shape index (κ2) is 7.75. The number of carboxylic acid groups (broad SMARTS) is 1. The molecule has 0 radical (unpaired) electrons. The number of carbonyl (C=O) groups is 2. The van der Waals surface area contributed by atoms with Crippen molar-refractivity contribution in [2.24, 2.45) is 0 Å². The van der Waals surface area contributed by atoms with Gasteiger partial charge in [-0.25, -0.2) is 4.79 Å². The molecule has 2 aliphatic heterocycles. The van der Waals surface area contributed by atoms with Crippen LogP contribution < -0.4 is 0 Å². The van der Waals surface area contributed by atoms with E-state index in [1.54, 1.807) is 10.9 Å². The minimum Gasteiger partial charge on any atom is -0.478 e. The molecular weight excluding hydrogens is 358 g/mol. The van der Waals surface area contributed by atoms with Crippen LogP contribution >= 0.6 is 0 Å². The molecule has 2 saturated heterocycles. The molecule has 3 heterocycles. The minimum atomic E-state index is -0.969. The molecule has 1 aromatic carbocycles. The van der Waals surface area contributed by atoms with Crippen molar-refractivity contribution in [3.63, 3.8) is 0 Å². The van der Waals surface area contributed by atoms with E-state index >= 15 is 0 Å². The third kappa shape index (κ3) is 3.42. The summed E-state index contributed by atoms with van der Waals surface area (Å²) in [5.74, 6) is -0.782. The lowest BCUT2D eigenvalue weighted by atomic mass is 9.72. The monoisotopic (exact) mass is 383 g/mol. The number of carboxylic acids is 1. The molecule has 1 N–H and O–H groups in total. The number of piperidine rings is 1. The van der Waals surface area contributed by atoms with Crippen LogP contribution in [0.1, 0.15) is 47.6 Å². The molecule has 4 rings (SSSR count). The number of likely N-dealkylation sites (tertiary alicyclic amines) is 1. The number of nitrogens with zero attached hydrogens (tertiary/aromatic N) is 3. The molecule has 148 valence electrons. The molecule has 7 heteroatoms. The van der Waals surface area contributed by atoms with Crippen LogP contribution in [0.5, 0.6) is 0 Å². The summed E-state index contributed by atoms with van der Waals surface area (Å²) in [5, 5.41) is 13.3. The lowest BCUT2D eigenvalue weighted by Crippen LogP contribution is -2.52. The third-order valence-electron chi connectivity index (χ3n) is 6.06. The van der Waals surface area contributed by atoms with E-state index in [1.807, 2.05) is 35.2 Å². The predicted octanol–water partition coefficient (Wildman–Crippen LogP) is 2.49. The van der Waals surface area contributed by atoms with Crippen molar-refractivity contribution in [2.75, 3.05) is 26.3 Å². The average Bonchev–Trinajstić information content (AvgIpc) is 3.25. The van der Waals surface area contributed by atoms with Crippen molar-refractivity contribution < 1.29 is 19.4 Å².